The zero-order chi connectivity index (χ0) is 8.36. The summed E-state index contributed by atoms with van der Waals surface area (Å²) in [6.45, 7) is 4.86. The Bertz CT molecular complexity index is 144. The summed E-state index contributed by atoms with van der Waals surface area (Å²) in [6.07, 6.45) is 0.624. The maximum Gasteiger partial charge on any atom is 0.230 e. The molecule has 2 N–H and O–H groups in total. The van der Waals surface area contributed by atoms with Gasteiger partial charge in [0.2, 0.25) is 7.37 Å². The van der Waals surface area contributed by atoms with Gasteiger partial charge in [-0.25, -0.2) is 0 Å². The number of hydrogen-bond acceptors (Lipinski definition) is 2. The van der Waals surface area contributed by atoms with Crippen molar-refractivity contribution in [2.24, 2.45) is 0 Å². The molecule has 0 aliphatic heterocycles. The van der Waals surface area contributed by atoms with Gasteiger partial charge in [0, 0.05) is 5.66 Å². The molecule has 0 saturated carbocycles. The minimum Gasteiger partial charge on any atom is -0.383 e. The van der Waals surface area contributed by atoms with Crippen molar-refractivity contribution in [2.75, 3.05) is 0 Å². The molecule has 3 unspecified atom stereocenters. The Morgan fingerprint density at radius 3 is 2.00 bits per heavy atom. The Balaban J connectivity index is 4.25. The number of rotatable bonds is 3. The number of aliphatic hydroxyl groups is 1. The molecule has 62 valence electrons. The van der Waals surface area contributed by atoms with Crippen molar-refractivity contribution >= 4 is 7.37 Å². The van der Waals surface area contributed by atoms with Gasteiger partial charge in [-0.15, -0.1) is 0 Å². The van der Waals surface area contributed by atoms with Crippen LogP contribution < -0.4 is 0 Å². The fourth-order valence-electron chi connectivity index (χ4n) is 0.630. The second kappa shape index (κ2) is 3.51. The second-order valence-electron chi connectivity index (χ2n) is 2.56. The minimum atomic E-state index is -3.30. The molecule has 0 amide bonds. The molecular formula is C6H15O3P. The molecule has 0 aliphatic carbocycles. The third kappa shape index (κ3) is 2.08. The lowest BCUT2D eigenvalue weighted by Crippen LogP contribution is -2.11. The van der Waals surface area contributed by atoms with Crippen LogP contribution in [-0.2, 0) is 4.57 Å². The summed E-state index contributed by atoms with van der Waals surface area (Å²) in [5, 5.41) is 8.87. The summed E-state index contributed by atoms with van der Waals surface area (Å²) >= 11 is 0. The van der Waals surface area contributed by atoms with Gasteiger partial charge in [-0.1, -0.05) is 13.8 Å². The van der Waals surface area contributed by atoms with E-state index in [4.69, 9.17) is 10.00 Å². The van der Waals surface area contributed by atoms with Crippen molar-refractivity contribution in [1.29, 1.82) is 0 Å². The van der Waals surface area contributed by atoms with Crippen molar-refractivity contribution in [1.82, 2.24) is 0 Å². The van der Waals surface area contributed by atoms with E-state index in [9.17, 15) is 4.57 Å². The minimum absolute atomic E-state index is 0.299. The van der Waals surface area contributed by atoms with Gasteiger partial charge < -0.3 is 10.00 Å². The van der Waals surface area contributed by atoms with Crippen molar-refractivity contribution in [3.05, 3.63) is 0 Å². The van der Waals surface area contributed by atoms with Gasteiger partial charge >= 0.3 is 0 Å². The van der Waals surface area contributed by atoms with Gasteiger partial charge in [0.05, 0.1) is 0 Å². The van der Waals surface area contributed by atoms with Crippen molar-refractivity contribution in [3.8, 4) is 0 Å². The van der Waals surface area contributed by atoms with Gasteiger partial charge in [-0.2, -0.15) is 0 Å². The molecule has 3 atom stereocenters. The first-order valence-electron chi connectivity index (χ1n) is 3.43. The molecule has 0 fully saturated rings. The van der Waals surface area contributed by atoms with E-state index < -0.39 is 13.2 Å². The van der Waals surface area contributed by atoms with Crippen molar-refractivity contribution < 1.29 is 14.6 Å². The van der Waals surface area contributed by atoms with Crippen LogP contribution in [0.25, 0.3) is 0 Å². The Labute approximate surface area is 61.5 Å². The molecule has 0 spiro atoms. The lowest BCUT2D eigenvalue weighted by Gasteiger charge is -2.19. The molecule has 0 aliphatic rings. The molecule has 4 heteroatoms. The first-order chi connectivity index (χ1) is 4.42. The fourth-order valence-corrected chi connectivity index (χ4v) is 1.89. The van der Waals surface area contributed by atoms with Gasteiger partial charge in [-0.05, 0) is 13.3 Å². The van der Waals surface area contributed by atoms with Crippen LogP contribution in [0.4, 0.5) is 0 Å². The summed E-state index contributed by atoms with van der Waals surface area (Å²) < 4.78 is 11.2. The summed E-state index contributed by atoms with van der Waals surface area (Å²) in [5.41, 5.74) is -0.299. The molecule has 3 nitrogen and oxygen atoms in total. The first-order valence-corrected chi connectivity index (χ1v) is 5.23. The SMILES string of the molecule is CCC(C)P(=O)(O)C(C)O. The zero-order valence-electron chi connectivity index (χ0n) is 6.61. The molecule has 0 aromatic carbocycles. The Morgan fingerprint density at radius 1 is 1.50 bits per heavy atom. The molecule has 0 aromatic heterocycles. The van der Waals surface area contributed by atoms with E-state index in [0.717, 1.165) is 0 Å². The summed E-state index contributed by atoms with van der Waals surface area (Å²) in [7, 11) is -3.30. The van der Waals surface area contributed by atoms with Crippen LogP contribution in [0.2, 0.25) is 0 Å². The van der Waals surface area contributed by atoms with E-state index in [-0.39, 0.29) is 5.66 Å². The van der Waals surface area contributed by atoms with E-state index in [1.807, 2.05) is 6.92 Å². The van der Waals surface area contributed by atoms with Crippen LogP contribution in [-0.4, -0.2) is 21.5 Å². The molecular weight excluding hydrogens is 151 g/mol. The lowest BCUT2D eigenvalue weighted by atomic mass is 10.4. The molecule has 0 saturated heterocycles. The average molecular weight is 166 g/mol. The lowest BCUT2D eigenvalue weighted by molar-refractivity contribution is 0.245. The highest BCUT2D eigenvalue weighted by molar-refractivity contribution is 7.59. The largest absolute Gasteiger partial charge is 0.383 e. The van der Waals surface area contributed by atoms with Gasteiger partial charge in [0.25, 0.3) is 0 Å². The van der Waals surface area contributed by atoms with E-state index in [1.54, 1.807) is 6.92 Å². The monoisotopic (exact) mass is 166 g/mol. The molecule has 0 heterocycles. The van der Waals surface area contributed by atoms with Crippen LogP contribution >= 0.6 is 7.37 Å². The molecule has 0 radical (unpaired) electrons. The predicted molar refractivity (Wildman–Crippen MR) is 41.3 cm³/mol. The zero-order valence-corrected chi connectivity index (χ0v) is 7.51. The second-order valence-corrected chi connectivity index (χ2v) is 5.54. The first kappa shape index (κ1) is 10.2. The third-order valence-corrected chi connectivity index (χ3v) is 4.46. The molecule has 0 bridgehead atoms. The van der Waals surface area contributed by atoms with Crippen LogP contribution in [0.1, 0.15) is 27.2 Å². The van der Waals surface area contributed by atoms with Gasteiger partial charge in [0.15, 0.2) is 0 Å². The quantitative estimate of drug-likeness (QED) is 0.623. The smallest absolute Gasteiger partial charge is 0.230 e. The highest BCUT2D eigenvalue weighted by Gasteiger charge is 2.30. The van der Waals surface area contributed by atoms with Crippen LogP contribution in [0.5, 0.6) is 0 Å². The van der Waals surface area contributed by atoms with Gasteiger partial charge in [0.1, 0.15) is 5.85 Å². The Morgan fingerprint density at radius 2 is 1.90 bits per heavy atom. The fraction of sp³-hybridized carbons (Fsp3) is 1.00. The molecule has 10 heavy (non-hydrogen) atoms. The van der Waals surface area contributed by atoms with Crippen LogP contribution in [0, 0.1) is 0 Å². The van der Waals surface area contributed by atoms with E-state index in [1.165, 1.54) is 6.92 Å². The van der Waals surface area contributed by atoms with Gasteiger partial charge in [-0.3, -0.25) is 4.57 Å². The normalized spacial score (nSPS) is 23.3. The highest BCUT2D eigenvalue weighted by Crippen LogP contribution is 2.50. The number of hydrogen-bond donors (Lipinski definition) is 2. The van der Waals surface area contributed by atoms with E-state index >= 15 is 0 Å². The van der Waals surface area contributed by atoms with E-state index in [2.05, 4.69) is 0 Å². The Kier molecular flexibility index (Phi) is 3.57. The van der Waals surface area contributed by atoms with Crippen LogP contribution in [0.15, 0.2) is 0 Å². The maximum atomic E-state index is 11.2. The summed E-state index contributed by atoms with van der Waals surface area (Å²) in [4.78, 5) is 9.17. The van der Waals surface area contributed by atoms with Crippen molar-refractivity contribution in [2.45, 2.75) is 38.7 Å². The average Bonchev–Trinajstić information content (AvgIpc) is 1.86. The summed E-state index contributed by atoms with van der Waals surface area (Å²) in [6, 6.07) is 0. The standard InChI is InChI=1S/C6H15O3P/c1-4-5(2)10(8,9)6(3)7/h5-7H,4H2,1-3H3,(H,8,9). The van der Waals surface area contributed by atoms with Crippen LogP contribution in [0.3, 0.4) is 0 Å². The maximum absolute atomic E-state index is 11.2. The van der Waals surface area contributed by atoms with Crippen molar-refractivity contribution in [3.63, 3.8) is 0 Å². The molecule has 0 aromatic rings. The van der Waals surface area contributed by atoms with E-state index in [0.29, 0.717) is 6.42 Å². The number of aliphatic hydroxyl groups excluding tert-OH is 1. The molecule has 0 rings (SSSR count). The summed E-state index contributed by atoms with van der Waals surface area (Å²) in [5.74, 6) is -1.09. The Hall–Kier alpha value is 0.150. The highest BCUT2D eigenvalue weighted by atomic mass is 31.2. The predicted octanol–water partition coefficient (Wildman–Crippen LogP) is 1.39. The third-order valence-electron chi connectivity index (χ3n) is 1.76. The topological polar surface area (TPSA) is 57.5 Å².